The molecule has 1 aromatic heterocycles. The van der Waals surface area contributed by atoms with Gasteiger partial charge in [-0.25, -0.2) is 0 Å². The summed E-state index contributed by atoms with van der Waals surface area (Å²) in [6, 6.07) is 3.90. The van der Waals surface area contributed by atoms with E-state index in [9.17, 15) is 4.79 Å². The van der Waals surface area contributed by atoms with Crippen molar-refractivity contribution in [1.82, 2.24) is 5.32 Å². The summed E-state index contributed by atoms with van der Waals surface area (Å²) in [5.74, 6) is 0.0559. The summed E-state index contributed by atoms with van der Waals surface area (Å²) in [7, 11) is 0. The van der Waals surface area contributed by atoms with Gasteiger partial charge in [-0.05, 0) is 24.3 Å². The van der Waals surface area contributed by atoms with Crippen molar-refractivity contribution in [2.24, 2.45) is 5.73 Å². The van der Waals surface area contributed by atoms with Gasteiger partial charge in [0.15, 0.2) is 0 Å². The normalized spacial score (nSPS) is 9.87. The summed E-state index contributed by atoms with van der Waals surface area (Å²) in [5.41, 5.74) is 5.34. The van der Waals surface area contributed by atoms with E-state index >= 15 is 0 Å². The van der Waals surface area contributed by atoms with Crippen LogP contribution in [0.2, 0.25) is 0 Å². The highest BCUT2D eigenvalue weighted by molar-refractivity contribution is 7.80. The molecule has 3 N–H and O–H groups in total. The molecule has 0 aliphatic heterocycles. The van der Waals surface area contributed by atoms with Gasteiger partial charge in [-0.2, -0.15) is 0 Å². The van der Waals surface area contributed by atoms with Crippen LogP contribution < -0.4 is 11.1 Å². The van der Waals surface area contributed by atoms with E-state index in [1.165, 1.54) is 0 Å². The molecule has 5 heteroatoms. The molecule has 1 amide bonds. The number of hydrogen-bond acceptors (Lipinski definition) is 3. The number of carbonyl (C=O) groups excluding carboxylic acids is 1. The van der Waals surface area contributed by atoms with Crippen molar-refractivity contribution in [3.8, 4) is 0 Å². The smallest absolute Gasteiger partial charge is 0.225 e. The maximum absolute atomic E-state index is 11.4. The van der Waals surface area contributed by atoms with E-state index in [2.05, 4.69) is 5.32 Å². The Bertz CT molecular complexity index is 322. The Kier molecular flexibility index (Phi) is 5.28. The maximum atomic E-state index is 11.4. The van der Waals surface area contributed by atoms with Gasteiger partial charge in [-0.15, -0.1) is 11.3 Å². The minimum atomic E-state index is 0.0559. The predicted molar refractivity (Wildman–Crippen MR) is 67.1 cm³/mol. The molecule has 0 saturated carbocycles. The van der Waals surface area contributed by atoms with E-state index in [4.69, 9.17) is 18.0 Å². The van der Waals surface area contributed by atoms with Gasteiger partial charge >= 0.3 is 0 Å². The second-order valence-corrected chi connectivity index (χ2v) is 4.73. The average molecular weight is 242 g/mol. The number of thiocarbonyl (C=S) groups is 1. The molecule has 1 heterocycles. The molecule has 0 spiro atoms. The molecule has 3 nitrogen and oxygen atoms in total. The third-order valence-corrected chi connectivity index (χ3v) is 2.92. The molecule has 82 valence electrons. The first-order chi connectivity index (χ1) is 7.18. The molecular weight excluding hydrogens is 228 g/mol. The molecule has 0 aliphatic rings. The van der Waals surface area contributed by atoms with Crippen molar-refractivity contribution >= 4 is 34.5 Å². The Morgan fingerprint density at radius 2 is 2.40 bits per heavy atom. The summed E-state index contributed by atoms with van der Waals surface area (Å²) in [6.45, 7) is 0.640. The minimum absolute atomic E-state index is 0.0559. The lowest BCUT2D eigenvalue weighted by molar-refractivity contribution is -0.120. The standard InChI is InChI=1S/C10H14N2OS2/c11-9(14)4-1-5-12-10(13)7-8-3-2-6-15-8/h2-3,6H,1,4-5,7H2,(H2,11,14)(H,12,13). The molecule has 0 radical (unpaired) electrons. The molecule has 0 aromatic carbocycles. The quantitative estimate of drug-likeness (QED) is 0.587. The predicted octanol–water partition coefficient (Wildman–Crippen LogP) is 1.47. The van der Waals surface area contributed by atoms with Crippen molar-refractivity contribution in [1.29, 1.82) is 0 Å². The number of rotatable bonds is 6. The molecule has 0 fully saturated rings. The summed E-state index contributed by atoms with van der Waals surface area (Å²) in [5, 5.41) is 4.80. The number of thiophene rings is 1. The molecule has 0 unspecified atom stereocenters. The summed E-state index contributed by atoms with van der Waals surface area (Å²) in [6.07, 6.45) is 1.96. The van der Waals surface area contributed by atoms with E-state index in [0.29, 0.717) is 24.4 Å². The Morgan fingerprint density at radius 3 is 3.00 bits per heavy atom. The summed E-state index contributed by atoms with van der Waals surface area (Å²) < 4.78 is 0. The van der Waals surface area contributed by atoms with Crippen molar-refractivity contribution in [2.45, 2.75) is 19.3 Å². The van der Waals surface area contributed by atoms with Crippen LogP contribution in [0, 0.1) is 0 Å². The Balaban J connectivity index is 2.11. The molecule has 0 atom stereocenters. The monoisotopic (exact) mass is 242 g/mol. The zero-order chi connectivity index (χ0) is 11.1. The van der Waals surface area contributed by atoms with Crippen LogP contribution >= 0.6 is 23.6 Å². The second kappa shape index (κ2) is 6.53. The van der Waals surface area contributed by atoms with Crippen LogP contribution in [0.15, 0.2) is 17.5 Å². The van der Waals surface area contributed by atoms with E-state index in [0.717, 1.165) is 11.3 Å². The van der Waals surface area contributed by atoms with E-state index in [-0.39, 0.29) is 5.91 Å². The Morgan fingerprint density at radius 1 is 1.60 bits per heavy atom. The largest absolute Gasteiger partial charge is 0.393 e. The van der Waals surface area contributed by atoms with Gasteiger partial charge in [-0.1, -0.05) is 18.3 Å². The van der Waals surface area contributed by atoms with Crippen LogP contribution in [0.1, 0.15) is 17.7 Å². The highest BCUT2D eigenvalue weighted by Crippen LogP contribution is 2.08. The third-order valence-electron chi connectivity index (χ3n) is 1.84. The lowest BCUT2D eigenvalue weighted by atomic mass is 10.3. The van der Waals surface area contributed by atoms with Gasteiger partial charge in [0.05, 0.1) is 11.4 Å². The number of amides is 1. The molecular formula is C10H14N2OS2. The lowest BCUT2D eigenvalue weighted by Gasteiger charge is -2.03. The SMILES string of the molecule is NC(=S)CCCNC(=O)Cc1cccs1. The lowest BCUT2D eigenvalue weighted by Crippen LogP contribution is -2.26. The molecule has 1 rings (SSSR count). The molecule has 0 bridgehead atoms. The molecule has 1 aromatic rings. The highest BCUT2D eigenvalue weighted by Gasteiger charge is 2.02. The van der Waals surface area contributed by atoms with Gasteiger partial charge < -0.3 is 11.1 Å². The fourth-order valence-corrected chi connectivity index (χ4v) is 1.97. The van der Waals surface area contributed by atoms with Gasteiger partial charge in [0.25, 0.3) is 0 Å². The van der Waals surface area contributed by atoms with Crippen LogP contribution in [0.25, 0.3) is 0 Å². The van der Waals surface area contributed by atoms with E-state index in [1.807, 2.05) is 17.5 Å². The minimum Gasteiger partial charge on any atom is -0.393 e. The Labute approximate surface area is 98.7 Å². The Hall–Kier alpha value is -0.940. The van der Waals surface area contributed by atoms with Crippen molar-refractivity contribution in [3.05, 3.63) is 22.4 Å². The number of hydrogen-bond donors (Lipinski definition) is 2. The van der Waals surface area contributed by atoms with Gasteiger partial charge in [0.2, 0.25) is 5.91 Å². The van der Waals surface area contributed by atoms with Gasteiger partial charge in [0.1, 0.15) is 0 Å². The summed E-state index contributed by atoms with van der Waals surface area (Å²) >= 11 is 6.33. The van der Waals surface area contributed by atoms with E-state index < -0.39 is 0 Å². The zero-order valence-corrected chi connectivity index (χ0v) is 10.00. The van der Waals surface area contributed by atoms with E-state index in [1.54, 1.807) is 11.3 Å². The van der Waals surface area contributed by atoms with Crippen LogP contribution in [0.3, 0.4) is 0 Å². The van der Waals surface area contributed by atoms with Crippen molar-refractivity contribution < 1.29 is 4.79 Å². The molecule has 15 heavy (non-hydrogen) atoms. The number of carbonyl (C=O) groups is 1. The fourth-order valence-electron chi connectivity index (χ4n) is 1.12. The number of nitrogens with two attached hydrogens (primary N) is 1. The van der Waals surface area contributed by atoms with Crippen LogP contribution in [-0.4, -0.2) is 17.4 Å². The van der Waals surface area contributed by atoms with Gasteiger partial charge in [0, 0.05) is 11.4 Å². The highest BCUT2D eigenvalue weighted by atomic mass is 32.1. The molecule has 0 aliphatic carbocycles. The third kappa shape index (κ3) is 5.49. The van der Waals surface area contributed by atoms with Crippen LogP contribution in [-0.2, 0) is 11.2 Å². The second-order valence-electron chi connectivity index (χ2n) is 3.18. The average Bonchev–Trinajstić information content (AvgIpc) is 2.64. The number of nitrogens with one attached hydrogen (secondary N) is 1. The maximum Gasteiger partial charge on any atom is 0.225 e. The van der Waals surface area contributed by atoms with Crippen molar-refractivity contribution in [3.63, 3.8) is 0 Å². The first-order valence-corrected chi connectivity index (χ1v) is 6.04. The summed E-state index contributed by atoms with van der Waals surface area (Å²) in [4.78, 5) is 13.0. The van der Waals surface area contributed by atoms with Gasteiger partial charge in [-0.3, -0.25) is 4.79 Å². The first-order valence-electron chi connectivity index (χ1n) is 4.76. The zero-order valence-electron chi connectivity index (χ0n) is 8.36. The topological polar surface area (TPSA) is 55.1 Å². The van der Waals surface area contributed by atoms with Crippen LogP contribution in [0.5, 0.6) is 0 Å². The fraction of sp³-hybridized carbons (Fsp3) is 0.400. The van der Waals surface area contributed by atoms with Crippen LogP contribution in [0.4, 0.5) is 0 Å². The first kappa shape index (κ1) is 12.1. The van der Waals surface area contributed by atoms with Crippen molar-refractivity contribution in [2.75, 3.05) is 6.54 Å². The molecule has 0 saturated heterocycles.